The molecule has 0 radical (unpaired) electrons. The summed E-state index contributed by atoms with van der Waals surface area (Å²) >= 11 is 5.89. The summed E-state index contributed by atoms with van der Waals surface area (Å²) in [6, 6.07) is 12.8. The molecule has 0 fully saturated rings. The van der Waals surface area contributed by atoms with Crippen LogP contribution in [0.4, 0.5) is 11.4 Å². The molecule has 23 heavy (non-hydrogen) atoms. The van der Waals surface area contributed by atoms with E-state index in [1.807, 2.05) is 37.3 Å². The Morgan fingerprint density at radius 2 is 1.78 bits per heavy atom. The van der Waals surface area contributed by atoms with E-state index in [9.17, 15) is 8.42 Å². The Morgan fingerprint density at radius 1 is 1.13 bits per heavy atom. The van der Waals surface area contributed by atoms with Crippen molar-refractivity contribution < 1.29 is 13.2 Å². The fraction of sp³-hybridized carbons (Fsp3) is 0.250. The number of ether oxygens (including phenoxy) is 1. The van der Waals surface area contributed by atoms with Gasteiger partial charge in [-0.05, 0) is 42.8 Å². The summed E-state index contributed by atoms with van der Waals surface area (Å²) < 4.78 is 30.5. The second kappa shape index (κ2) is 7.10. The molecule has 0 bridgehead atoms. The van der Waals surface area contributed by atoms with Gasteiger partial charge in [0, 0.05) is 16.8 Å². The summed E-state index contributed by atoms with van der Waals surface area (Å²) in [5, 5.41) is 4.01. The first-order valence-corrected chi connectivity index (χ1v) is 9.23. The van der Waals surface area contributed by atoms with Gasteiger partial charge in [0.2, 0.25) is 10.0 Å². The fourth-order valence-corrected chi connectivity index (χ4v) is 2.85. The van der Waals surface area contributed by atoms with Gasteiger partial charge in [0.05, 0.1) is 19.1 Å². The van der Waals surface area contributed by atoms with E-state index in [4.69, 9.17) is 16.3 Å². The Kier molecular flexibility index (Phi) is 5.38. The molecule has 0 amide bonds. The van der Waals surface area contributed by atoms with Crippen LogP contribution in [0.5, 0.6) is 5.75 Å². The first kappa shape index (κ1) is 17.4. The predicted molar refractivity (Wildman–Crippen MR) is 95.0 cm³/mol. The van der Waals surface area contributed by atoms with Crippen LogP contribution < -0.4 is 14.8 Å². The number of halogens is 1. The Labute approximate surface area is 141 Å². The largest absolute Gasteiger partial charge is 0.495 e. The van der Waals surface area contributed by atoms with Crippen molar-refractivity contribution in [2.45, 2.75) is 13.0 Å². The van der Waals surface area contributed by atoms with Gasteiger partial charge in [-0.3, -0.25) is 4.72 Å². The van der Waals surface area contributed by atoms with Crippen molar-refractivity contribution >= 4 is 33.0 Å². The van der Waals surface area contributed by atoms with Gasteiger partial charge < -0.3 is 10.1 Å². The maximum atomic E-state index is 11.5. The number of benzene rings is 2. The van der Waals surface area contributed by atoms with Gasteiger partial charge >= 0.3 is 0 Å². The van der Waals surface area contributed by atoms with Crippen molar-refractivity contribution in [2.24, 2.45) is 0 Å². The summed E-state index contributed by atoms with van der Waals surface area (Å²) in [6.07, 6.45) is 1.10. The molecule has 7 heteroatoms. The van der Waals surface area contributed by atoms with Crippen molar-refractivity contribution in [1.29, 1.82) is 0 Å². The molecule has 0 aromatic heterocycles. The number of rotatable bonds is 6. The quantitative estimate of drug-likeness (QED) is 0.825. The fourth-order valence-electron chi connectivity index (χ4n) is 2.16. The van der Waals surface area contributed by atoms with E-state index in [0.717, 1.165) is 17.5 Å². The lowest BCUT2D eigenvalue weighted by Gasteiger charge is -2.18. The SMILES string of the molecule is COc1ccc(N[C@@H](C)c2ccc(Cl)cc2)cc1NS(C)(=O)=O. The van der Waals surface area contributed by atoms with Crippen molar-refractivity contribution in [3.05, 3.63) is 53.1 Å². The number of anilines is 2. The molecule has 0 heterocycles. The topological polar surface area (TPSA) is 67.4 Å². The summed E-state index contributed by atoms with van der Waals surface area (Å²) in [4.78, 5) is 0. The molecule has 5 nitrogen and oxygen atoms in total. The van der Waals surface area contributed by atoms with Crippen LogP contribution in [0.1, 0.15) is 18.5 Å². The minimum Gasteiger partial charge on any atom is -0.495 e. The smallest absolute Gasteiger partial charge is 0.229 e. The molecular weight excluding hydrogens is 336 g/mol. The Bertz CT molecular complexity index is 776. The van der Waals surface area contributed by atoms with Crippen LogP contribution in [-0.2, 0) is 10.0 Å². The van der Waals surface area contributed by atoms with Crippen molar-refractivity contribution in [2.75, 3.05) is 23.4 Å². The maximum Gasteiger partial charge on any atom is 0.229 e. The highest BCUT2D eigenvalue weighted by Gasteiger charge is 2.11. The first-order valence-electron chi connectivity index (χ1n) is 6.96. The highest BCUT2D eigenvalue weighted by atomic mass is 35.5. The second-order valence-corrected chi connectivity index (χ2v) is 7.39. The van der Waals surface area contributed by atoms with Crippen LogP contribution in [0.15, 0.2) is 42.5 Å². The molecular formula is C16H19ClN2O3S. The number of hydrogen-bond acceptors (Lipinski definition) is 4. The normalized spacial score (nSPS) is 12.5. The number of hydrogen-bond donors (Lipinski definition) is 2. The van der Waals surface area contributed by atoms with Crippen molar-refractivity contribution in [3.63, 3.8) is 0 Å². The first-order chi connectivity index (χ1) is 10.8. The van der Waals surface area contributed by atoms with E-state index in [1.165, 1.54) is 7.11 Å². The van der Waals surface area contributed by atoms with Gasteiger partial charge in [0.1, 0.15) is 5.75 Å². The molecule has 2 aromatic carbocycles. The molecule has 0 unspecified atom stereocenters. The lowest BCUT2D eigenvalue weighted by molar-refractivity contribution is 0.417. The van der Waals surface area contributed by atoms with Crippen LogP contribution in [0.3, 0.4) is 0 Å². The summed E-state index contributed by atoms with van der Waals surface area (Å²) in [7, 11) is -1.89. The molecule has 0 aliphatic carbocycles. The van der Waals surface area contributed by atoms with E-state index in [2.05, 4.69) is 10.0 Å². The average molecular weight is 355 g/mol. The Balaban J connectivity index is 2.22. The van der Waals surface area contributed by atoms with Gasteiger partial charge in [-0.2, -0.15) is 0 Å². The third-order valence-corrected chi connectivity index (χ3v) is 4.09. The van der Waals surface area contributed by atoms with Gasteiger partial charge in [-0.15, -0.1) is 0 Å². The monoisotopic (exact) mass is 354 g/mol. The lowest BCUT2D eigenvalue weighted by Crippen LogP contribution is -2.11. The molecule has 2 aromatic rings. The summed E-state index contributed by atoms with van der Waals surface area (Å²) in [6.45, 7) is 2.01. The highest BCUT2D eigenvalue weighted by molar-refractivity contribution is 7.92. The number of methoxy groups -OCH3 is 1. The van der Waals surface area contributed by atoms with Crippen LogP contribution >= 0.6 is 11.6 Å². The zero-order valence-corrected chi connectivity index (χ0v) is 14.7. The second-order valence-electron chi connectivity index (χ2n) is 5.21. The highest BCUT2D eigenvalue weighted by Crippen LogP contribution is 2.30. The summed E-state index contributed by atoms with van der Waals surface area (Å²) in [5.41, 5.74) is 2.24. The van der Waals surface area contributed by atoms with E-state index in [0.29, 0.717) is 16.5 Å². The van der Waals surface area contributed by atoms with Crippen LogP contribution in [0.25, 0.3) is 0 Å². The van der Waals surface area contributed by atoms with Crippen LogP contribution in [0, 0.1) is 0 Å². The third-order valence-electron chi connectivity index (χ3n) is 3.25. The molecule has 0 aliphatic heterocycles. The van der Waals surface area contributed by atoms with Crippen LogP contribution in [0.2, 0.25) is 5.02 Å². The molecule has 124 valence electrons. The molecule has 2 rings (SSSR count). The third kappa shape index (κ3) is 5.04. The van der Waals surface area contributed by atoms with E-state index < -0.39 is 10.0 Å². The Morgan fingerprint density at radius 3 is 2.35 bits per heavy atom. The summed E-state index contributed by atoms with van der Waals surface area (Å²) in [5.74, 6) is 0.458. The van der Waals surface area contributed by atoms with Crippen LogP contribution in [-0.4, -0.2) is 21.8 Å². The zero-order chi connectivity index (χ0) is 17.0. The molecule has 0 saturated carbocycles. The maximum absolute atomic E-state index is 11.5. The lowest BCUT2D eigenvalue weighted by atomic mass is 10.1. The minimum absolute atomic E-state index is 0.0340. The van der Waals surface area contributed by atoms with Gasteiger partial charge in [-0.25, -0.2) is 8.42 Å². The van der Waals surface area contributed by atoms with E-state index in [-0.39, 0.29) is 6.04 Å². The van der Waals surface area contributed by atoms with Gasteiger partial charge in [0.15, 0.2) is 0 Å². The van der Waals surface area contributed by atoms with Gasteiger partial charge in [-0.1, -0.05) is 23.7 Å². The number of sulfonamides is 1. The average Bonchev–Trinajstić information content (AvgIpc) is 2.46. The molecule has 2 N–H and O–H groups in total. The Hall–Kier alpha value is -1.92. The van der Waals surface area contributed by atoms with Gasteiger partial charge in [0.25, 0.3) is 0 Å². The molecule has 0 aliphatic rings. The van der Waals surface area contributed by atoms with Crippen molar-refractivity contribution in [1.82, 2.24) is 0 Å². The standard InChI is InChI=1S/C16H19ClN2O3S/c1-11(12-4-6-13(17)7-5-12)18-14-8-9-16(22-2)15(10-14)19-23(3,20)21/h4-11,18-19H,1-3H3/t11-/m0/s1. The predicted octanol–water partition coefficient (Wildman–Crippen LogP) is 3.89. The molecule has 0 spiro atoms. The number of nitrogens with one attached hydrogen (secondary N) is 2. The van der Waals surface area contributed by atoms with E-state index in [1.54, 1.807) is 12.1 Å². The molecule has 0 saturated heterocycles. The minimum atomic E-state index is -3.38. The molecule has 1 atom stereocenters. The van der Waals surface area contributed by atoms with E-state index >= 15 is 0 Å². The van der Waals surface area contributed by atoms with Crippen molar-refractivity contribution in [3.8, 4) is 5.75 Å². The zero-order valence-electron chi connectivity index (χ0n) is 13.1.